The zero-order valence-electron chi connectivity index (χ0n) is 23.1. The van der Waals surface area contributed by atoms with E-state index in [1.165, 1.54) is 0 Å². The third kappa shape index (κ3) is 7.60. The summed E-state index contributed by atoms with van der Waals surface area (Å²) in [7, 11) is 0. The number of hydrogen-bond acceptors (Lipinski definition) is 6. The number of para-hydroxylation sites is 1. The Labute approximate surface area is 238 Å². The van der Waals surface area contributed by atoms with E-state index in [9.17, 15) is 23.1 Å². The molecule has 1 aliphatic carbocycles. The molecule has 4 aliphatic rings. The molecule has 6 rings (SSSR count). The number of alkyl halides is 3. The second kappa shape index (κ2) is 13.2. The van der Waals surface area contributed by atoms with Crippen LogP contribution in [0.2, 0.25) is 0 Å². The van der Waals surface area contributed by atoms with Crippen LogP contribution in [0.3, 0.4) is 0 Å². The van der Waals surface area contributed by atoms with Gasteiger partial charge in [0.2, 0.25) is 0 Å². The summed E-state index contributed by atoms with van der Waals surface area (Å²) in [6.45, 7) is 4.90. The molecule has 2 aromatic carbocycles. The fraction of sp³-hybridized carbons (Fsp3) is 0.548. The maximum Gasteiger partial charge on any atom is 0.430 e. The van der Waals surface area contributed by atoms with Crippen LogP contribution in [0.15, 0.2) is 60.7 Å². The summed E-state index contributed by atoms with van der Waals surface area (Å²) in [6.07, 6.45) is 1.72. The van der Waals surface area contributed by atoms with Crippen molar-refractivity contribution < 1.29 is 46.9 Å². The molecule has 10 heteroatoms. The minimum atomic E-state index is -5.19. The van der Waals surface area contributed by atoms with Gasteiger partial charge in [-0.15, -0.1) is 0 Å². The predicted octanol–water partition coefficient (Wildman–Crippen LogP) is 3.98. The molecule has 41 heavy (non-hydrogen) atoms. The number of esters is 1. The Bertz CT molecular complexity index is 1130. The van der Waals surface area contributed by atoms with Gasteiger partial charge in [0.15, 0.2) is 11.7 Å². The highest BCUT2D eigenvalue weighted by Crippen LogP contribution is 2.43. The summed E-state index contributed by atoms with van der Waals surface area (Å²) in [6, 6.07) is 19.4. The lowest BCUT2D eigenvalue weighted by Crippen LogP contribution is -2.65. The van der Waals surface area contributed by atoms with Crippen molar-refractivity contribution >= 4 is 11.9 Å². The number of carbonyl (C=O) groups is 2. The van der Waals surface area contributed by atoms with E-state index in [1.54, 1.807) is 0 Å². The number of rotatable bonds is 9. The fourth-order valence-electron chi connectivity index (χ4n) is 6.56. The number of fused-ring (bicyclic) bond motifs is 3. The number of hydrogen-bond donors (Lipinski definition) is 1. The molecule has 0 aromatic heterocycles. The number of carboxylic acid groups (broad SMARTS) is 1. The van der Waals surface area contributed by atoms with Gasteiger partial charge in [-0.05, 0) is 30.5 Å². The molecule has 1 N–H and O–H groups in total. The number of aliphatic carboxylic acids is 1. The Morgan fingerprint density at radius 1 is 0.927 bits per heavy atom. The summed E-state index contributed by atoms with van der Waals surface area (Å²) in [5.41, 5.74) is -0.867. The minimum absolute atomic E-state index is 0.0678. The predicted molar refractivity (Wildman–Crippen MR) is 142 cm³/mol. The van der Waals surface area contributed by atoms with E-state index in [2.05, 4.69) is 0 Å². The fourth-order valence-corrected chi connectivity index (χ4v) is 6.56. The average Bonchev–Trinajstić information content (AvgIpc) is 3.52. The average molecular weight is 578 g/mol. The zero-order valence-corrected chi connectivity index (χ0v) is 23.1. The lowest BCUT2D eigenvalue weighted by Gasteiger charge is -2.52. The molecular formula is C31H38F3NO6. The number of benzene rings is 2. The number of aliphatic hydroxyl groups is 1. The van der Waals surface area contributed by atoms with Crippen LogP contribution in [-0.2, 0) is 19.9 Å². The molecule has 224 valence electrons. The number of piperidine rings is 3. The Balaban J connectivity index is 0.000000493. The topological polar surface area (TPSA) is 95.9 Å². The number of quaternary nitrogens is 1. The Hall–Kier alpha value is -3.11. The van der Waals surface area contributed by atoms with Crippen molar-refractivity contribution in [3.63, 3.8) is 0 Å². The number of carboxylic acids is 1. The molecule has 2 bridgehead atoms. The van der Waals surface area contributed by atoms with E-state index in [0.717, 1.165) is 81.4 Å². The Morgan fingerprint density at radius 3 is 2.05 bits per heavy atom. The standard InChI is InChI=1S/C29H38NO4.C2HF3O2/c31-28(29(32,25-12-7-8-13-25)24-10-3-1-4-11-24)34-27-22-30(19-16-23(27)17-20-30)18-9-21-33-26-14-5-2-6-15-26;3-2(4,5)1(6)7/h1-6,10-11,14-15,23,25,27,32H,7-9,12-13,16-22H2;(H,6,7)/q+1;/p-1/t23?,27-,29-,30?;/m0./s1. The molecule has 0 radical (unpaired) electrons. The normalized spacial score (nSPS) is 25.5. The summed E-state index contributed by atoms with van der Waals surface area (Å²) >= 11 is 0. The zero-order chi connectivity index (χ0) is 29.5. The SMILES string of the molecule is O=C(O[C@H]1C[N+]2(CCCOc3ccccc3)CCC1CC2)[C@](O)(c1ccccc1)C1CCCC1.O=C([O-])C(F)(F)F. The van der Waals surface area contributed by atoms with E-state index in [0.29, 0.717) is 18.1 Å². The van der Waals surface area contributed by atoms with Crippen LogP contribution < -0.4 is 9.84 Å². The first-order valence-electron chi connectivity index (χ1n) is 14.3. The van der Waals surface area contributed by atoms with Crippen molar-refractivity contribution in [3.05, 3.63) is 66.2 Å². The van der Waals surface area contributed by atoms with E-state index < -0.39 is 23.7 Å². The van der Waals surface area contributed by atoms with Gasteiger partial charge < -0.3 is 29.0 Å². The third-order valence-electron chi connectivity index (χ3n) is 8.79. The molecule has 7 nitrogen and oxygen atoms in total. The van der Waals surface area contributed by atoms with Gasteiger partial charge in [0.25, 0.3) is 0 Å². The van der Waals surface area contributed by atoms with Crippen LogP contribution in [0, 0.1) is 11.8 Å². The van der Waals surface area contributed by atoms with Gasteiger partial charge in [-0.3, -0.25) is 0 Å². The molecule has 3 saturated heterocycles. The van der Waals surface area contributed by atoms with Gasteiger partial charge in [0.1, 0.15) is 18.3 Å². The summed E-state index contributed by atoms with van der Waals surface area (Å²) in [4.78, 5) is 22.4. The summed E-state index contributed by atoms with van der Waals surface area (Å²) in [5, 5.41) is 20.6. The molecule has 2 atom stereocenters. The van der Waals surface area contributed by atoms with Gasteiger partial charge in [-0.1, -0.05) is 61.4 Å². The lowest BCUT2D eigenvalue weighted by molar-refractivity contribution is -0.946. The van der Waals surface area contributed by atoms with Crippen molar-refractivity contribution in [2.75, 3.05) is 32.8 Å². The van der Waals surface area contributed by atoms with Crippen molar-refractivity contribution in [2.24, 2.45) is 11.8 Å². The highest BCUT2D eigenvalue weighted by molar-refractivity contribution is 5.82. The molecule has 2 aromatic rings. The molecule has 0 unspecified atom stereocenters. The Kier molecular flexibility index (Phi) is 9.96. The molecular weight excluding hydrogens is 539 g/mol. The molecule has 3 aliphatic heterocycles. The van der Waals surface area contributed by atoms with Crippen molar-refractivity contribution in [3.8, 4) is 5.75 Å². The van der Waals surface area contributed by atoms with Gasteiger partial charge in [-0.2, -0.15) is 13.2 Å². The Morgan fingerprint density at radius 2 is 1.49 bits per heavy atom. The number of halogens is 3. The van der Waals surface area contributed by atoms with E-state index in [-0.39, 0.29) is 12.0 Å². The van der Waals surface area contributed by atoms with Crippen LogP contribution in [0.5, 0.6) is 5.75 Å². The molecule has 3 heterocycles. The highest BCUT2D eigenvalue weighted by Gasteiger charge is 2.52. The van der Waals surface area contributed by atoms with Gasteiger partial charge >= 0.3 is 12.1 Å². The highest BCUT2D eigenvalue weighted by atomic mass is 19.4. The van der Waals surface area contributed by atoms with Crippen molar-refractivity contribution in [2.45, 2.75) is 62.8 Å². The smallest absolute Gasteiger partial charge is 0.430 e. The first kappa shape index (κ1) is 30.8. The first-order chi connectivity index (χ1) is 19.5. The molecule has 1 saturated carbocycles. The maximum atomic E-state index is 13.6. The largest absolute Gasteiger partial charge is 0.542 e. The van der Waals surface area contributed by atoms with Crippen LogP contribution >= 0.6 is 0 Å². The number of carbonyl (C=O) groups excluding carboxylic acids is 2. The third-order valence-corrected chi connectivity index (χ3v) is 8.79. The van der Waals surface area contributed by atoms with Crippen LogP contribution in [-0.4, -0.2) is 66.6 Å². The number of nitrogens with zero attached hydrogens (tertiary/aromatic N) is 1. The first-order valence-corrected chi connectivity index (χ1v) is 14.3. The molecule has 4 fully saturated rings. The van der Waals surface area contributed by atoms with Crippen LogP contribution in [0.25, 0.3) is 0 Å². The number of ether oxygens (including phenoxy) is 2. The molecule has 0 spiro atoms. The quantitative estimate of drug-likeness (QED) is 0.275. The van der Waals surface area contributed by atoms with Crippen LogP contribution in [0.1, 0.15) is 50.5 Å². The van der Waals surface area contributed by atoms with E-state index in [4.69, 9.17) is 19.4 Å². The van der Waals surface area contributed by atoms with Crippen molar-refractivity contribution in [1.29, 1.82) is 0 Å². The lowest BCUT2D eigenvalue weighted by atomic mass is 9.79. The second-order valence-corrected chi connectivity index (χ2v) is 11.4. The maximum absolute atomic E-state index is 13.6. The van der Waals surface area contributed by atoms with E-state index >= 15 is 0 Å². The summed E-state index contributed by atoms with van der Waals surface area (Å²) < 4.78 is 44.7. The van der Waals surface area contributed by atoms with E-state index in [1.807, 2.05) is 60.7 Å². The monoisotopic (exact) mass is 577 g/mol. The van der Waals surface area contributed by atoms with Gasteiger partial charge in [0.05, 0.1) is 26.2 Å². The minimum Gasteiger partial charge on any atom is -0.542 e. The van der Waals surface area contributed by atoms with Gasteiger partial charge in [0, 0.05) is 31.1 Å². The van der Waals surface area contributed by atoms with Crippen molar-refractivity contribution in [1.82, 2.24) is 0 Å². The summed E-state index contributed by atoms with van der Waals surface area (Å²) in [5.74, 6) is -2.18. The van der Waals surface area contributed by atoms with Gasteiger partial charge in [-0.25, -0.2) is 4.79 Å². The molecule has 0 amide bonds. The second-order valence-electron chi connectivity index (χ2n) is 11.4. The van der Waals surface area contributed by atoms with Crippen LogP contribution in [0.4, 0.5) is 13.2 Å².